The quantitative estimate of drug-likeness (QED) is 0.403. The van der Waals surface area contributed by atoms with Gasteiger partial charge >= 0.3 is 18.0 Å². The van der Waals surface area contributed by atoms with Crippen molar-refractivity contribution in [1.29, 1.82) is 0 Å². The number of hydrogen-bond acceptors (Lipinski definition) is 4. The topological polar surface area (TPSA) is 109 Å². The van der Waals surface area contributed by atoms with Crippen molar-refractivity contribution in [3.63, 3.8) is 0 Å². The van der Waals surface area contributed by atoms with E-state index >= 15 is 0 Å². The van der Waals surface area contributed by atoms with Crippen LogP contribution in [0.15, 0.2) is 0 Å². The van der Waals surface area contributed by atoms with E-state index in [0.717, 1.165) is 0 Å². The number of nitrogens with one attached hydrogen (secondary N) is 4. The number of rotatable bonds is 5. The average molecular weight is 270 g/mol. The summed E-state index contributed by atoms with van der Waals surface area (Å²) in [6.07, 6.45) is 0.908. The number of amides is 4. The molecule has 4 amide bonds. The predicted molar refractivity (Wildman–Crippen MR) is 64.9 cm³/mol. The molecule has 0 bridgehead atoms. The van der Waals surface area contributed by atoms with E-state index < -0.39 is 11.8 Å². The predicted octanol–water partition coefficient (Wildman–Crippen LogP) is -0.386. The maximum Gasteiger partial charge on any atom is 0.318 e. The SMILES string of the molecule is CC(=O)OCCCC(C)[C@]12NC(=O)N[C@H]1NC(=O)N2. The minimum absolute atomic E-state index is 0.00837. The molecule has 2 fully saturated rings. The first-order chi connectivity index (χ1) is 8.94. The molecular weight excluding hydrogens is 252 g/mol. The molecule has 2 rings (SSSR count). The van der Waals surface area contributed by atoms with Crippen molar-refractivity contribution in [3.8, 4) is 0 Å². The molecular formula is C11H18N4O4. The molecule has 0 aromatic rings. The average Bonchev–Trinajstić information content (AvgIpc) is 2.75. The van der Waals surface area contributed by atoms with Crippen molar-refractivity contribution in [1.82, 2.24) is 21.3 Å². The number of hydrogen-bond donors (Lipinski definition) is 4. The summed E-state index contributed by atoms with van der Waals surface area (Å²) in [6.45, 7) is 3.63. The van der Waals surface area contributed by atoms with Gasteiger partial charge in [-0.15, -0.1) is 0 Å². The van der Waals surface area contributed by atoms with Gasteiger partial charge in [0.1, 0.15) is 6.17 Å². The van der Waals surface area contributed by atoms with Crippen LogP contribution in [-0.2, 0) is 9.53 Å². The zero-order valence-electron chi connectivity index (χ0n) is 10.9. The van der Waals surface area contributed by atoms with Crippen molar-refractivity contribution >= 4 is 18.0 Å². The van der Waals surface area contributed by atoms with Crippen molar-refractivity contribution in [2.45, 2.75) is 38.5 Å². The van der Waals surface area contributed by atoms with E-state index in [4.69, 9.17) is 4.74 Å². The van der Waals surface area contributed by atoms with Gasteiger partial charge in [0.25, 0.3) is 0 Å². The Morgan fingerprint density at radius 3 is 2.42 bits per heavy atom. The molecule has 19 heavy (non-hydrogen) atoms. The van der Waals surface area contributed by atoms with E-state index in [2.05, 4.69) is 21.3 Å². The molecule has 0 aromatic heterocycles. The second-order valence-corrected chi connectivity index (χ2v) is 4.88. The van der Waals surface area contributed by atoms with Crippen LogP contribution in [0.1, 0.15) is 26.7 Å². The first kappa shape index (κ1) is 13.4. The highest BCUT2D eigenvalue weighted by Gasteiger charge is 2.56. The fourth-order valence-electron chi connectivity index (χ4n) is 2.51. The Labute approximate surface area is 110 Å². The summed E-state index contributed by atoms with van der Waals surface area (Å²) in [7, 11) is 0. The van der Waals surface area contributed by atoms with Crippen LogP contribution in [0.25, 0.3) is 0 Å². The standard InChI is InChI=1S/C11H18N4O4/c1-6(4-3-5-19-7(2)16)11-8(12-9(17)14-11)13-10(18)15-11/h6,8H,3-5H2,1-2H3,(H2,12,14,17)(H2,13,15,18)/t6?,8-,11+. The molecule has 2 aliphatic heterocycles. The van der Waals surface area contributed by atoms with Crippen molar-refractivity contribution in [3.05, 3.63) is 0 Å². The first-order valence-corrected chi connectivity index (χ1v) is 6.25. The Hall–Kier alpha value is -1.99. The van der Waals surface area contributed by atoms with Crippen molar-refractivity contribution < 1.29 is 19.1 Å². The third-order valence-corrected chi connectivity index (χ3v) is 3.51. The monoisotopic (exact) mass is 270 g/mol. The smallest absolute Gasteiger partial charge is 0.318 e. The number of urea groups is 2. The van der Waals surface area contributed by atoms with Gasteiger partial charge in [-0.2, -0.15) is 0 Å². The van der Waals surface area contributed by atoms with Gasteiger partial charge in [0.15, 0.2) is 5.66 Å². The Balaban J connectivity index is 1.92. The van der Waals surface area contributed by atoms with Crippen LogP contribution in [0.5, 0.6) is 0 Å². The van der Waals surface area contributed by atoms with Crippen LogP contribution >= 0.6 is 0 Å². The van der Waals surface area contributed by atoms with E-state index in [0.29, 0.717) is 19.4 Å². The van der Waals surface area contributed by atoms with Crippen LogP contribution in [0.3, 0.4) is 0 Å². The molecule has 1 unspecified atom stereocenters. The van der Waals surface area contributed by atoms with E-state index in [1.807, 2.05) is 6.92 Å². The minimum atomic E-state index is -0.815. The van der Waals surface area contributed by atoms with Gasteiger partial charge < -0.3 is 26.0 Å². The molecule has 2 saturated heterocycles. The van der Waals surface area contributed by atoms with Crippen LogP contribution in [0.2, 0.25) is 0 Å². The summed E-state index contributed by atoms with van der Waals surface area (Å²) in [6, 6.07) is -0.631. The summed E-state index contributed by atoms with van der Waals surface area (Å²) in [4.78, 5) is 33.5. The number of carbonyl (C=O) groups is 3. The van der Waals surface area contributed by atoms with Gasteiger partial charge in [0.05, 0.1) is 6.61 Å². The summed E-state index contributed by atoms with van der Waals surface area (Å²) < 4.78 is 4.86. The second kappa shape index (κ2) is 4.94. The number of fused-ring (bicyclic) bond motifs is 1. The van der Waals surface area contributed by atoms with Crippen molar-refractivity contribution in [2.75, 3.05) is 6.61 Å². The molecule has 1 atom stereocenters. The Morgan fingerprint density at radius 2 is 1.89 bits per heavy atom. The Morgan fingerprint density at radius 1 is 1.32 bits per heavy atom. The van der Waals surface area contributed by atoms with Crippen LogP contribution in [-0.4, -0.2) is 36.5 Å². The number of carbonyl (C=O) groups excluding carboxylic acids is 3. The molecule has 0 aliphatic carbocycles. The first-order valence-electron chi connectivity index (χ1n) is 6.25. The zero-order chi connectivity index (χ0) is 14.0. The lowest BCUT2D eigenvalue weighted by molar-refractivity contribution is -0.141. The highest BCUT2D eigenvalue weighted by molar-refractivity contribution is 5.86. The van der Waals surface area contributed by atoms with Gasteiger partial charge in [0, 0.05) is 12.8 Å². The molecule has 0 radical (unpaired) electrons. The van der Waals surface area contributed by atoms with E-state index in [1.165, 1.54) is 6.92 Å². The zero-order valence-corrected chi connectivity index (χ0v) is 10.9. The molecule has 0 spiro atoms. The second-order valence-electron chi connectivity index (χ2n) is 4.88. The lowest BCUT2D eigenvalue weighted by Gasteiger charge is -2.33. The maximum absolute atomic E-state index is 11.4. The number of ether oxygens (including phenoxy) is 1. The normalized spacial score (nSPS) is 29.7. The fraction of sp³-hybridized carbons (Fsp3) is 0.727. The van der Waals surface area contributed by atoms with E-state index in [1.54, 1.807) is 0 Å². The van der Waals surface area contributed by atoms with E-state index in [9.17, 15) is 14.4 Å². The molecule has 8 nitrogen and oxygen atoms in total. The van der Waals surface area contributed by atoms with Crippen LogP contribution < -0.4 is 21.3 Å². The summed E-state index contributed by atoms with van der Waals surface area (Å²) >= 11 is 0. The molecule has 8 heteroatoms. The minimum Gasteiger partial charge on any atom is -0.466 e. The Bertz CT molecular complexity index is 391. The summed E-state index contributed by atoms with van der Waals surface area (Å²) in [5.41, 5.74) is -0.815. The van der Waals surface area contributed by atoms with Crippen molar-refractivity contribution in [2.24, 2.45) is 5.92 Å². The van der Waals surface area contributed by atoms with E-state index in [-0.39, 0.29) is 23.9 Å². The lowest BCUT2D eigenvalue weighted by Crippen LogP contribution is -2.61. The lowest BCUT2D eigenvalue weighted by atomic mass is 9.89. The van der Waals surface area contributed by atoms with Gasteiger partial charge in [-0.05, 0) is 12.8 Å². The molecule has 0 saturated carbocycles. The third kappa shape index (κ3) is 2.56. The van der Waals surface area contributed by atoms with Gasteiger partial charge in [-0.1, -0.05) is 6.92 Å². The molecule has 2 aliphatic rings. The maximum atomic E-state index is 11.4. The molecule has 2 heterocycles. The summed E-state index contributed by atoms with van der Waals surface area (Å²) in [5.74, 6) is -0.318. The third-order valence-electron chi connectivity index (χ3n) is 3.51. The highest BCUT2D eigenvalue weighted by atomic mass is 16.5. The highest BCUT2D eigenvalue weighted by Crippen LogP contribution is 2.28. The molecule has 106 valence electrons. The fourth-order valence-corrected chi connectivity index (χ4v) is 2.51. The largest absolute Gasteiger partial charge is 0.466 e. The van der Waals surface area contributed by atoms with Crippen LogP contribution in [0, 0.1) is 5.92 Å². The Kier molecular flexibility index (Phi) is 3.50. The van der Waals surface area contributed by atoms with Gasteiger partial charge in [-0.3, -0.25) is 4.79 Å². The van der Waals surface area contributed by atoms with Crippen LogP contribution in [0.4, 0.5) is 9.59 Å². The number of esters is 1. The van der Waals surface area contributed by atoms with Gasteiger partial charge in [0.2, 0.25) is 0 Å². The van der Waals surface area contributed by atoms with Gasteiger partial charge in [-0.25, -0.2) is 9.59 Å². The molecule has 0 aromatic carbocycles. The summed E-state index contributed by atoms with van der Waals surface area (Å²) in [5, 5.41) is 10.8. The molecule has 4 N–H and O–H groups in total.